The molecule has 1 heterocycles. The molecule has 0 saturated carbocycles. The van der Waals surface area contributed by atoms with Crippen molar-refractivity contribution in [3.63, 3.8) is 0 Å². The van der Waals surface area contributed by atoms with Gasteiger partial charge in [-0.2, -0.15) is 4.99 Å². The number of carbonyl (C=O) groups excluding carboxylic acids is 3. The topological polar surface area (TPSA) is 82.7 Å². The van der Waals surface area contributed by atoms with Gasteiger partial charge in [0.25, 0.3) is 0 Å². The Bertz CT molecular complexity index is 550. The van der Waals surface area contributed by atoms with Crippen molar-refractivity contribution in [3.05, 3.63) is 11.8 Å². The Morgan fingerprint density at radius 1 is 1.24 bits per heavy atom. The van der Waals surface area contributed by atoms with Crippen molar-refractivity contribution in [1.29, 1.82) is 0 Å². The molecule has 1 rings (SSSR count). The summed E-state index contributed by atoms with van der Waals surface area (Å²) in [6, 6.07) is 0. The maximum absolute atomic E-state index is 11.5. The van der Waals surface area contributed by atoms with Gasteiger partial charge in [0, 0.05) is 27.8 Å². The lowest BCUT2D eigenvalue weighted by atomic mass is 10.6. The van der Waals surface area contributed by atoms with Crippen molar-refractivity contribution in [2.24, 2.45) is 12.0 Å². The van der Waals surface area contributed by atoms with Crippen LogP contribution in [0, 0.1) is 0 Å². The van der Waals surface area contributed by atoms with E-state index in [-0.39, 0.29) is 11.5 Å². The van der Waals surface area contributed by atoms with Crippen LogP contribution in [-0.2, 0) is 16.6 Å². The highest BCUT2D eigenvalue weighted by molar-refractivity contribution is 5.79. The lowest BCUT2D eigenvalue weighted by Crippen LogP contribution is -2.29. The summed E-state index contributed by atoms with van der Waals surface area (Å²) in [6.45, 7) is 3.77. The van der Waals surface area contributed by atoms with E-state index in [1.165, 1.54) is 31.5 Å². The number of amides is 1. The minimum absolute atomic E-state index is 0.0347. The molecular weight excluding hydrogens is 226 g/mol. The minimum Gasteiger partial charge on any atom is -0.407 e. The molecule has 7 heteroatoms. The van der Waals surface area contributed by atoms with E-state index in [2.05, 4.69) is 4.99 Å². The lowest BCUT2D eigenvalue weighted by molar-refractivity contribution is -0.132. The molecule has 0 N–H and O–H groups in total. The molecule has 0 radical (unpaired) electrons. The van der Waals surface area contributed by atoms with E-state index >= 15 is 0 Å². The summed E-state index contributed by atoms with van der Waals surface area (Å²) >= 11 is 0. The Kier molecular flexibility index (Phi) is 3.62. The maximum atomic E-state index is 11.5. The molecule has 0 unspecified atom stereocenters. The Balaban J connectivity index is 3.50. The highest BCUT2D eigenvalue weighted by Gasteiger charge is 2.14. The molecule has 0 saturated heterocycles. The van der Waals surface area contributed by atoms with Gasteiger partial charge in [0.1, 0.15) is 0 Å². The standard InChI is InChI=1S/C10H13N3O4/c1-6(14)11-10-12(4)5-9(17-8(3)16)13(10)7(2)15/h5H,1-4H3. The predicted molar refractivity (Wildman–Crippen MR) is 57.3 cm³/mol. The second kappa shape index (κ2) is 4.77. The van der Waals surface area contributed by atoms with Gasteiger partial charge in [0.2, 0.25) is 23.3 Å². The van der Waals surface area contributed by atoms with Crippen molar-refractivity contribution in [2.75, 3.05) is 0 Å². The second-order valence-electron chi connectivity index (χ2n) is 3.46. The lowest BCUT2D eigenvalue weighted by Gasteiger charge is -2.02. The fraction of sp³-hybridized carbons (Fsp3) is 0.400. The number of aromatic nitrogens is 2. The molecule has 0 aliphatic rings. The van der Waals surface area contributed by atoms with E-state index in [1.807, 2.05) is 0 Å². The summed E-state index contributed by atoms with van der Waals surface area (Å²) < 4.78 is 7.35. The van der Waals surface area contributed by atoms with Crippen molar-refractivity contribution < 1.29 is 19.1 Å². The van der Waals surface area contributed by atoms with Crippen molar-refractivity contribution in [3.8, 4) is 5.88 Å². The van der Waals surface area contributed by atoms with E-state index in [0.29, 0.717) is 0 Å². The van der Waals surface area contributed by atoms with Gasteiger partial charge in [-0.15, -0.1) is 0 Å². The molecule has 0 aliphatic carbocycles. The SMILES string of the molecule is CC(=O)N=c1n(C)cc(OC(C)=O)n1C(C)=O. The molecule has 92 valence electrons. The van der Waals surface area contributed by atoms with Gasteiger partial charge in [-0.1, -0.05) is 0 Å². The van der Waals surface area contributed by atoms with Crippen LogP contribution < -0.4 is 10.4 Å². The van der Waals surface area contributed by atoms with Gasteiger partial charge >= 0.3 is 5.97 Å². The largest absolute Gasteiger partial charge is 0.407 e. The monoisotopic (exact) mass is 239 g/mol. The van der Waals surface area contributed by atoms with E-state index in [4.69, 9.17) is 4.74 Å². The van der Waals surface area contributed by atoms with Gasteiger partial charge in [0.05, 0.1) is 6.20 Å². The molecule has 1 amide bonds. The van der Waals surface area contributed by atoms with Gasteiger partial charge in [-0.25, -0.2) is 4.57 Å². The first-order valence-corrected chi connectivity index (χ1v) is 4.86. The second-order valence-corrected chi connectivity index (χ2v) is 3.46. The molecule has 1 aromatic heterocycles. The third-order valence-corrected chi connectivity index (χ3v) is 1.86. The first kappa shape index (κ1) is 12.9. The predicted octanol–water partition coefficient (Wildman–Crippen LogP) is -0.141. The Morgan fingerprint density at radius 2 is 1.82 bits per heavy atom. The summed E-state index contributed by atoms with van der Waals surface area (Å²) in [5.74, 6) is -1.37. The van der Waals surface area contributed by atoms with Crippen LogP contribution in [-0.4, -0.2) is 26.9 Å². The van der Waals surface area contributed by atoms with Crippen LogP contribution >= 0.6 is 0 Å². The van der Waals surface area contributed by atoms with Gasteiger partial charge in [-0.3, -0.25) is 14.4 Å². The zero-order valence-electron chi connectivity index (χ0n) is 10.1. The van der Waals surface area contributed by atoms with Gasteiger partial charge in [-0.05, 0) is 0 Å². The summed E-state index contributed by atoms with van der Waals surface area (Å²) in [5.41, 5.74) is 0.112. The van der Waals surface area contributed by atoms with Crippen LogP contribution in [0.25, 0.3) is 0 Å². The molecule has 0 fully saturated rings. The molecule has 0 bridgehead atoms. The highest BCUT2D eigenvalue weighted by atomic mass is 16.5. The molecule has 0 atom stereocenters. The van der Waals surface area contributed by atoms with E-state index < -0.39 is 17.8 Å². The molecule has 0 spiro atoms. The molecule has 1 aromatic rings. The molecular formula is C10H13N3O4. The number of esters is 1. The van der Waals surface area contributed by atoms with Crippen LogP contribution in [0.4, 0.5) is 0 Å². The average molecular weight is 239 g/mol. The molecule has 0 aromatic carbocycles. The number of hydrogen-bond donors (Lipinski definition) is 0. The third-order valence-electron chi connectivity index (χ3n) is 1.86. The van der Waals surface area contributed by atoms with E-state index in [9.17, 15) is 14.4 Å². The summed E-state index contributed by atoms with van der Waals surface area (Å²) in [7, 11) is 1.59. The first-order valence-electron chi connectivity index (χ1n) is 4.86. The number of hydrogen-bond acceptors (Lipinski definition) is 4. The van der Waals surface area contributed by atoms with Gasteiger partial charge in [0.15, 0.2) is 0 Å². The van der Waals surface area contributed by atoms with Crippen molar-refractivity contribution in [1.82, 2.24) is 9.13 Å². The van der Waals surface area contributed by atoms with Gasteiger partial charge < -0.3 is 9.30 Å². The molecule has 0 aliphatic heterocycles. The fourth-order valence-corrected chi connectivity index (χ4v) is 1.32. The number of ether oxygens (including phenoxy) is 1. The normalized spacial score (nSPS) is 11.4. The van der Waals surface area contributed by atoms with Crippen molar-refractivity contribution in [2.45, 2.75) is 20.8 Å². The number of aryl methyl sites for hydroxylation is 1. The number of imidazole rings is 1. The first-order chi connectivity index (χ1) is 7.82. The molecule has 7 nitrogen and oxygen atoms in total. The summed E-state index contributed by atoms with van der Waals surface area (Å²) in [5, 5.41) is 0. The summed E-state index contributed by atoms with van der Waals surface area (Å²) in [4.78, 5) is 37.0. The maximum Gasteiger partial charge on any atom is 0.309 e. The summed E-state index contributed by atoms with van der Waals surface area (Å²) in [6.07, 6.45) is 1.41. The Morgan fingerprint density at radius 3 is 2.24 bits per heavy atom. The zero-order valence-corrected chi connectivity index (χ0v) is 10.1. The van der Waals surface area contributed by atoms with Crippen LogP contribution in [0.3, 0.4) is 0 Å². The van der Waals surface area contributed by atoms with E-state index in [1.54, 1.807) is 7.05 Å². The Hall–Kier alpha value is -2.18. The van der Waals surface area contributed by atoms with Crippen LogP contribution in [0.1, 0.15) is 25.6 Å². The quantitative estimate of drug-likeness (QED) is 0.638. The highest BCUT2D eigenvalue weighted by Crippen LogP contribution is 2.08. The smallest absolute Gasteiger partial charge is 0.309 e. The molecule has 17 heavy (non-hydrogen) atoms. The van der Waals surface area contributed by atoms with Crippen LogP contribution in [0.15, 0.2) is 11.2 Å². The Labute approximate surface area is 97.3 Å². The van der Waals surface area contributed by atoms with Crippen LogP contribution in [0.2, 0.25) is 0 Å². The zero-order chi connectivity index (χ0) is 13.2. The number of carbonyl (C=O) groups is 3. The van der Waals surface area contributed by atoms with E-state index in [0.717, 1.165) is 4.57 Å². The number of rotatable bonds is 1. The third kappa shape index (κ3) is 2.90. The number of nitrogens with zero attached hydrogens (tertiary/aromatic N) is 3. The minimum atomic E-state index is -0.556. The van der Waals surface area contributed by atoms with Crippen LogP contribution in [0.5, 0.6) is 5.88 Å². The average Bonchev–Trinajstić information content (AvgIpc) is 2.40. The fourth-order valence-electron chi connectivity index (χ4n) is 1.32. The van der Waals surface area contributed by atoms with Crippen molar-refractivity contribution >= 4 is 17.8 Å².